The Labute approximate surface area is 113 Å². The summed E-state index contributed by atoms with van der Waals surface area (Å²) in [6.07, 6.45) is 0.635. The van der Waals surface area contributed by atoms with Crippen LogP contribution in [0.4, 0.5) is 4.79 Å². The van der Waals surface area contributed by atoms with E-state index in [4.69, 9.17) is 14.4 Å². The van der Waals surface area contributed by atoms with Crippen LogP contribution in [0.5, 0.6) is 0 Å². The van der Waals surface area contributed by atoms with E-state index in [1.807, 2.05) is 0 Å². The van der Waals surface area contributed by atoms with Crippen molar-refractivity contribution in [1.82, 2.24) is 10.6 Å². The first-order valence-corrected chi connectivity index (χ1v) is 9.91. The number of urea groups is 1. The van der Waals surface area contributed by atoms with Crippen LogP contribution < -0.4 is 10.6 Å². The van der Waals surface area contributed by atoms with Crippen molar-refractivity contribution in [3.63, 3.8) is 0 Å². The van der Waals surface area contributed by atoms with Crippen molar-refractivity contribution < 1.29 is 33.2 Å². The summed E-state index contributed by atoms with van der Waals surface area (Å²) in [6, 6.07) is -0.483. The van der Waals surface area contributed by atoms with Gasteiger partial charge >= 0.3 is 23.6 Å². The molecule has 0 spiro atoms. The first-order valence-electron chi connectivity index (χ1n) is 5.85. The third-order valence-electron chi connectivity index (χ3n) is 2.27. The SMILES string of the molecule is CO[Si](O)(O)CCCNC(=O)NCCC[Si](O)(O)O. The maximum atomic E-state index is 11.2. The van der Waals surface area contributed by atoms with Crippen molar-refractivity contribution in [3.05, 3.63) is 0 Å². The van der Waals surface area contributed by atoms with Crippen molar-refractivity contribution in [2.45, 2.75) is 24.9 Å². The number of carbonyl (C=O) groups is 1. The van der Waals surface area contributed by atoms with Gasteiger partial charge in [-0.05, 0) is 12.8 Å². The Hall–Kier alpha value is -0.536. The highest BCUT2D eigenvalue weighted by Crippen LogP contribution is 2.04. The van der Waals surface area contributed by atoms with Gasteiger partial charge in [0.25, 0.3) is 0 Å². The van der Waals surface area contributed by atoms with Crippen LogP contribution in [0.2, 0.25) is 12.1 Å². The normalized spacial score (nSPS) is 12.3. The molecule has 0 unspecified atom stereocenters. The number of rotatable bonds is 9. The molecular weight excluding hydrogens is 292 g/mol. The van der Waals surface area contributed by atoms with Gasteiger partial charge in [0.05, 0.1) is 0 Å². The Morgan fingerprint density at radius 2 is 1.47 bits per heavy atom. The van der Waals surface area contributed by atoms with Crippen LogP contribution in [0.15, 0.2) is 0 Å². The monoisotopic (exact) mass is 314 g/mol. The number of carbonyl (C=O) groups excluding carboxylic acids is 1. The molecular formula is C8H22N2O7Si2. The van der Waals surface area contributed by atoms with Gasteiger partial charge in [0, 0.05) is 32.3 Å². The molecule has 0 aliphatic rings. The fraction of sp³-hybridized carbons (Fsp3) is 0.875. The zero-order chi connectivity index (χ0) is 14.9. The summed E-state index contributed by atoms with van der Waals surface area (Å²) in [6.45, 7) is 0.475. The molecule has 0 bridgehead atoms. The van der Waals surface area contributed by atoms with Crippen molar-refractivity contribution in [3.8, 4) is 0 Å². The highest BCUT2D eigenvalue weighted by molar-refractivity contribution is 6.57. The summed E-state index contributed by atoms with van der Waals surface area (Å²) in [4.78, 5) is 55.8. The Bertz CT molecular complexity index is 272. The molecule has 0 rings (SSSR count). The number of hydrogen-bond donors (Lipinski definition) is 7. The zero-order valence-electron chi connectivity index (χ0n) is 10.8. The van der Waals surface area contributed by atoms with Crippen LogP contribution in [0.25, 0.3) is 0 Å². The lowest BCUT2D eigenvalue weighted by Crippen LogP contribution is -2.40. The summed E-state index contributed by atoms with van der Waals surface area (Å²) >= 11 is 0. The van der Waals surface area contributed by atoms with Gasteiger partial charge in [-0.25, -0.2) is 4.79 Å². The van der Waals surface area contributed by atoms with Crippen molar-refractivity contribution in [1.29, 1.82) is 0 Å². The van der Waals surface area contributed by atoms with E-state index >= 15 is 0 Å². The molecule has 0 aromatic heterocycles. The van der Waals surface area contributed by atoms with Crippen LogP contribution in [0.3, 0.4) is 0 Å². The molecule has 0 aromatic carbocycles. The van der Waals surface area contributed by atoms with Crippen LogP contribution in [0.1, 0.15) is 12.8 Å². The molecule has 2 amide bonds. The van der Waals surface area contributed by atoms with E-state index in [2.05, 4.69) is 15.1 Å². The van der Waals surface area contributed by atoms with Crippen LogP contribution in [-0.4, -0.2) is 67.8 Å². The molecule has 114 valence electrons. The molecule has 0 aliphatic heterocycles. The number of hydrogen-bond acceptors (Lipinski definition) is 7. The Kier molecular flexibility index (Phi) is 8.36. The minimum absolute atomic E-state index is 0.0947. The summed E-state index contributed by atoms with van der Waals surface area (Å²) in [5, 5.41) is 4.96. The van der Waals surface area contributed by atoms with E-state index < -0.39 is 23.6 Å². The first-order chi connectivity index (χ1) is 8.66. The fourth-order valence-corrected chi connectivity index (χ4v) is 2.71. The predicted molar refractivity (Wildman–Crippen MR) is 69.9 cm³/mol. The second kappa shape index (κ2) is 8.60. The van der Waals surface area contributed by atoms with Crippen LogP contribution >= 0.6 is 0 Å². The van der Waals surface area contributed by atoms with E-state index in [9.17, 15) is 14.4 Å². The molecule has 0 radical (unpaired) electrons. The second-order valence-electron chi connectivity index (χ2n) is 4.11. The molecule has 0 aliphatic carbocycles. The molecule has 0 aromatic rings. The quantitative estimate of drug-likeness (QED) is 0.184. The van der Waals surface area contributed by atoms with Gasteiger partial charge in [-0.1, -0.05) is 0 Å². The third-order valence-corrected chi connectivity index (χ3v) is 4.95. The second-order valence-corrected chi connectivity index (χ2v) is 8.55. The Balaban J connectivity index is 3.51. The molecule has 0 saturated carbocycles. The largest absolute Gasteiger partial charge is 0.495 e. The molecule has 0 fully saturated rings. The molecule has 11 heteroatoms. The molecule has 0 atom stereocenters. The first kappa shape index (κ1) is 18.5. The van der Waals surface area contributed by atoms with Gasteiger partial charge in [0.1, 0.15) is 0 Å². The minimum Gasteiger partial charge on any atom is -0.390 e. The van der Waals surface area contributed by atoms with Gasteiger partial charge in [-0.15, -0.1) is 0 Å². The molecule has 0 saturated heterocycles. The predicted octanol–water partition coefficient (Wildman–Crippen LogP) is -2.45. The van der Waals surface area contributed by atoms with Crippen LogP contribution in [0, 0.1) is 0 Å². The number of amides is 2. The highest BCUT2D eigenvalue weighted by Gasteiger charge is 2.29. The zero-order valence-corrected chi connectivity index (χ0v) is 12.8. The van der Waals surface area contributed by atoms with Crippen LogP contribution in [-0.2, 0) is 4.43 Å². The smallest absolute Gasteiger partial charge is 0.390 e. The lowest BCUT2D eigenvalue weighted by Gasteiger charge is -2.14. The molecule has 9 nitrogen and oxygen atoms in total. The fourth-order valence-electron chi connectivity index (χ4n) is 1.21. The maximum Gasteiger partial charge on any atom is 0.495 e. The van der Waals surface area contributed by atoms with E-state index in [1.165, 1.54) is 7.11 Å². The minimum atomic E-state index is -4.02. The average molecular weight is 314 g/mol. The summed E-state index contributed by atoms with van der Waals surface area (Å²) < 4.78 is 4.51. The molecule has 7 N–H and O–H groups in total. The van der Waals surface area contributed by atoms with E-state index in [1.54, 1.807) is 0 Å². The van der Waals surface area contributed by atoms with E-state index in [-0.39, 0.29) is 31.6 Å². The maximum absolute atomic E-state index is 11.2. The van der Waals surface area contributed by atoms with E-state index in [0.717, 1.165) is 0 Å². The number of nitrogens with one attached hydrogen (secondary N) is 2. The van der Waals surface area contributed by atoms with E-state index in [0.29, 0.717) is 6.42 Å². The average Bonchev–Trinajstić information content (AvgIpc) is 2.29. The van der Waals surface area contributed by atoms with Gasteiger partial charge in [0.2, 0.25) is 0 Å². The van der Waals surface area contributed by atoms with Gasteiger partial charge < -0.3 is 39.0 Å². The standard InChI is InChI=1S/C8H22N2O7Si2/c1-17-19(15,16)7-3-5-10-8(11)9-4-2-6-18(12,13)14/h12-16H,2-7H2,1H3,(H2,9,10,11). The van der Waals surface area contributed by atoms with Crippen molar-refractivity contribution in [2.24, 2.45) is 0 Å². The van der Waals surface area contributed by atoms with Crippen molar-refractivity contribution in [2.75, 3.05) is 20.2 Å². The molecule has 0 heterocycles. The topological polar surface area (TPSA) is 152 Å². The lowest BCUT2D eigenvalue weighted by molar-refractivity contribution is 0.183. The summed E-state index contributed by atoms with van der Waals surface area (Å²) in [5.41, 5.74) is 0. The highest BCUT2D eigenvalue weighted by atomic mass is 28.4. The van der Waals surface area contributed by atoms with Crippen molar-refractivity contribution >= 4 is 23.6 Å². The Morgan fingerprint density at radius 3 is 1.89 bits per heavy atom. The van der Waals surface area contributed by atoms with Gasteiger partial charge in [-0.3, -0.25) is 0 Å². The Morgan fingerprint density at radius 1 is 1.00 bits per heavy atom. The summed E-state index contributed by atoms with van der Waals surface area (Å²) in [5.74, 6) is 0. The third kappa shape index (κ3) is 12.2. The van der Waals surface area contributed by atoms with Gasteiger partial charge in [0.15, 0.2) is 0 Å². The summed E-state index contributed by atoms with van der Waals surface area (Å²) in [7, 11) is -6.35. The molecule has 19 heavy (non-hydrogen) atoms. The lowest BCUT2D eigenvalue weighted by atomic mass is 10.4. The van der Waals surface area contributed by atoms with Gasteiger partial charge in [-0.2, -0.15) is 0 Å².